The molecule has 0 fully saturated rings. The number of ether oxygens (including phenoxy) is 2. The van der Waals surface area contributed by atoms with Crippen molar-refractivity contribution in [2.45, 2.75) is 17.7 Å². The number of halogens is 1. The standard InChI is InChI=1S/C19H23ClN2O5S/c1-22(2)28(24,25)18-12-14(6-8-16(18)20)21-19(23)10-5-13-11-15(26-3)7-9-17(13)27-4/h6-9,11-12H,5,10H2,1-4H3,(H,21,23). The highest BCUT2D eigenvalue weighted by molar-refractivity contribution is 7.89. The Morgan fingerprint density at radius 2 is 1.82 bits per heavy atom. The minimum Gasteiger partial charge on any atom is -0.497 e. The average molecular weight is 427 g/mol. The molecule has 0 aliphatic rings. The first-order chi connectivity index (χ1) is 13.2. The van der Waals surface area contributed by atoms with E-state index in [1.807, 2.05) is 6.07 Å². The zero-order valence-corrected chi connectivity index (χ0v) is 17.7. The third-order valence-electron chi connectivity index (χ3n) is 4.08. The topological polar surface area (TPSA) is 84.9 Å². The average Bonchev–Trinajstić information content (AvgIpc) is 2.67. The lowest BCUT2D eigenvalue weighted by Gasteiger charge is -2.14. The molecule has 0 atom stereocenters. The number of carbonyl (C=O) groups is 1. The fourth-order valence-electron chi connectivity index (χ4n) is 2.52. The van der Waals surface area contributed by atoms with Crippen LogP contribution in [0.5, 0.6) is 11.5 Å². The van der Waals surface area contributed by atoms with Crippen LogP contribution in [0.2, 0.25) is 5.02 Å². The smallest absolute Gasteiger partial charge is 0.244 e. The van der Waals surface area contributed by atoms with Gasteiger partial charge in [0.2, 0.25) is 15.9 Å². The molecule has 0 saturated heterocycles. The van der Waals surface area contributed by atoms with Crippen LogP contribution in [0.1, 0.15) is 12.0 Å². The van der Waals surface area contributed by atoms with Crippen LogP contribution in [0.15, 0.2) is 41.3 Å². The van der Waals surface area contributed by atoms with Gasteiger partial charge in [0, 0.05) is 26.2 Å². The maximum Gasteiger partial charge on any atom is 0.244 e. The van der Waals surface area contributed by atoms with Crippen molar-refractivity contribution >= 4 is 33.2 Å². The van der Waals surface area contributed by atoms with Crippen molar-refractivity contribution in [3.63, 3.8) is 0 Å². The fraction of sp³-hybridized carbons (Fsp3) is 0.316. The summed E-state index contributed by atoms with van der Waals surface area (Å²) in [6.45, 7) is 0. The molecule has 0 radical (unpaired) electrons. The van der Waals surface area contributed by atoms with Gasteiger partial charge in [0.25, 0.3) is 0 Å². The fourth-order valence-corrected chi connectivity index (χ4v) is 3.92. The van der Waals surface area contributed by atoms with E-state index in [4.69, 9.17) is 21.1 Å². The molecule has 28 heavy (non-hydrogen) atoms. The molecule has 2 aromatic carbocycles. The van der Waals surface area contributed by atoms with Crippen molar-refractivity contribution in [1.82, 2.24) is 4.31 Å². The number of benzene rings is 2. The minimum atomic E-state index is -3.72. The summed E-state index contributed by atoms with van der Waals surface area (Å²) in [6.07, 6.45) is 0.616. The van der Waals surface area contributed by atoms with Gasteiger partial charge in [-0.15, -0.1) is 0 Å². The van der Waals surface area contributed by atoms with E-state index in [0.29, 0.717) is 23.6 Å². The molecule has 2 aromatic rings. The number of sulfonamides is 1. The largest absolute Gasteiger partial charge is 0.497 e. The Hall–Kier alpha value is -2.29. The number of aryl methyl sites for hydroxylation is 1. The number of carbonyl (C=O) groups excluding carboxylic acids is 1. The van der Waals surface area contributed by atoms with Gasteiger partial charge in [-0.2, -0.15) is 0 Å². The van der Waals surface area contributed by atoms with Crippen molar-refractivity contribution in [2.24, 2.45) is 0 Å². The second-order valence-electron chi connectivity index (χ2n) is 6.16. The van der Waals surface area contributed by atoms with Crippen molar-refractivity contribution in [2.75, 3.05) is 33.6 Å². The predicted molar refractivity (Wildman–Crippen MR) is 109 cm³/mol. The normalized spacial score (nSPS) is 11.4. The van der Waals surface area contributed by atoms with E-state index in [0.717, 1.165) is 9.87 Å². The van der Waals surface area contributed by atoms with Crippen LogP contribution in [-0.2, 0) is 21.2 Å². The highest BCUT2D eigenvalue weighted by atomic mass is 35.5. The molecule has 0 unspecified atom stereocenters. The summed E-state index contributed by atoms with van der Waals surface area (Å²) in [5.74, 6) is 1.08. The van der Waals surface area contributed by atoms with Crippen LogP contribution in [-0.4, -0.2) is 46.9 Å². The first-order valence-corrected chi connectivity index (χ1v) is 10.2. The molecule has 1 amide bonds. The molecule has 0 bridgehead atoms. The summed E-state index contributed by atoms with van der Waals surface area (Å²) < 4.78 is 36.2. The molecule has 0 aliphatic heterocycles. The van der Waals surface area contributed by atoms with Crippen molar-refractivity contribution in [3.05, 3.63) is 47.0 Å². The Kier molecular flexibility index (Phi) is 7.29. The second kappa shape index (κ2) is 9.27. The predicted octanol–water partition coefficient (Wildman–Crippen LogP) is 3.18. The maximum absolute atomic E-state index is 12.3. The van der Waals surface area contributed by atoms with Gasteiger partial charge < -0.3 is 14.8 Å². The molecule has 1 N–H and O–H groups in total. The van der Waals surface area contributed by atoms with Crippen molar-refractivity contribution in [1.29, 1.82) is 0 Å². The van der Waals surface area contributed by atoms with Crippen LogP contribution >= 0.6 is 11.6 Å². The number of anilines is 1. The molecule has 0 saturated carbocycles. The molecule has 0 heterocycles. The molecule has 7 nitrogen and oxygen atoms in total. The lowest BCUT2D eigenvalue weighted by molar-refractivity contribution is -0.116. The number of hydrogen-bond acceptors (Lipinski definition) is 5. The Balaban J connectivity index is 2.12. The van der Waals surface area contributed by atoms with Gasteiger partial charge in [-0.3, -0.25) is 4.79 Å². The summed E-state index contributed by atoms with van der Waals surface area (Å²) in [5, 5.41) is 2.79. The Bertz CT molecular complexity index is 961. The van der Waals surface area contributed by atoms with Crippen LogP contribution in [0.3, 0.4) is 0 Å². The number of nitrogens with one attached hydrogen (secondary N) is 1. The summed E-state index contributed by atoms with van der Waals surface area (Å²) in [6, 6.07) is 9.73. The molecule has 0 aromatic heterocycles. The molecule has 0 spiro atoms. The van der Waals surface area contributed by atoms with Crippen molar-refractivity contribution in [3.8, 4) is 11.5 Å². The van der Waals surface area contributed by atoms with Gasteiger partial charge in [0.1, 0.15) is 16.4 Å². The van der Waals surface area contributed by atoms with E-state index in [1.54, 1.807) is 32.4 Å². The third-order valence-corrected chi connectivity index (χ3v) is 6.38. The van der Waals surface area contributed by atoms with E-state index in [9.17, 15) is 13.2 Å². The third kappa shape index (κ3) is 5.15. The van der Waals surface area contributed by atoms with E-state index in [2.05, 4.69) is 5.32 Å². The molecule has 9 heteroatoms. The molecule has 2 rings (SSSR count). The van der Waals surface area contributed by atoms with Crippen LogP contribution < -0.4 is 14.8 Å². The minimum absolute atomic E-state index is 0.0635. The summed E-state index contributed by atoms with van der Waals surface area (Å²) in [7, 11) is 2.24. The Morgan fingerprint density at radius 1 is 1.11 bits per heavy atom. The van der Waals surface area contributed by atoms with E-state index in [-0.39, 0.29) is 22.2 Å². The monoisotopic (exact) mass is 426 g/mol. The lowest BCUT2D eigenvalue weighted by Crippen LogP contribution is -2.23. The summed E-state index contributed by atoms with van der Waals surface area (Å²) in [5.41, 5.74) is 1.19. The second-order valence-corrected chi connectivity index (χ2v) is 8.69. The van der Waals surface area contributed by atoms with Gasteiger partial charge >= 0.3 is 0 Å². The maximum atomic E-state index is 12.3. The van der Waals surface area contributed by atoms with Crippen LogP contribution in [0.25, 0.3) is 0 Å². The van der Waals surface area contributed by atoms with Gasteiger partial charge in [-0.25, -0.2) is 12.7 Å². The van der Waals surface area contributed by atoms with Crippen LogP contribution in [0.4, 0.5) is 5.69 Å². The molecule has 0 aliphatic carbocycles. The number of rotatable bonds is 8. The SMILES string of the molecule is COc1ccc(OC)c(CCC(=O)Nc2ccc(Cl)c(S(=O)(=O)N(C)C)c2)c1. The number of hydrogen-bond donors (Lipinski definition) is 1. The number of nitrogens with zero attached hydrogens (tertiary/aromatic N) is 1. The highest BCUT2D eigenvalue weighted by Gasteiger charge is 2.21. The van der Waals surface area contributed by atoms with Gasteiger partial charge in [0.15, 0.2) is 0 Å². The van der Waals surface area contributed by atoms with Gasteiger partial charge in [-0.1, -0.05) is 11.6 Å². The zero-order chi connectivity index (χ0) is 20.9. The molecule has 152 valence electrons. The quantitative estimate of drug-likeness (QED) is 0.700. The van der Waals surface area contributed by atoms with Crippen molar-refractivity contribution < 1.29 is 22.7 Å². The molecular formula is C19H23ClN2O5S. The van der Waals surface area contributed by atoms with E-state index in [1.165, 1.54) is 26.2 Å². The first kappa shape index (κ1) is 22.0. The summed E-state index contributed by atoms with van der Waals surface area (Å²) >= 11 is 6.02. The summed E-state index contributed by atoms with van der Waals surface area (Å²) in [4.78, 5) is 12.3. The van der Waals surface area contributed by atoms with Crippen LogP contribution in [0, 0.1) is 0 Å². The van der Waals surface area contributed by atoms with E-state index < -0.39 is 10.0 Å². The Morgan fingerprint density at radius 3 is 2.43 bits per heavy atom. The van der Waals surface area contributed by atoms with Gasteiger partial charge in [-0.05, 0) is 48.4 Å². The lowest BCUT2D eigenvalue weighted by atomic mass is 10.1. The Labute approximate surface area is 170 Å². The van der Waals surface area contributed by atoms with E-state index >= 15 is 0 Å². The number of amides is 1. The first-order valence-electron chi connectivity index (χ1n) is 8.42. The van der Waals surface area contributed by atoms with Gasteiger partial charge in [0.05, 0.1) is 19.2 Å². The molecular weight excluding hydrogens is 404 g/mol. The zero-order valence-electron chi connectivity index (χ0n) is 16.2. The number of methoxy groups -OCH3 is 2. The highest BCUT2D eigenvalue weighted by Crippen LogP contribution is 2.28.